The molecule has 0 bridgehead atoms. The van der Waals surface area contributed by atoms with E-state index in [1.807, 2.05) is 36.4 Å². The highest BCUT2D eigenvalue weighted by atomic mass is 32.2. The first-order chi connectivity index (χ1) is 17.0. The van der Waals surface area contributed by atoms with Crippen molar-refractivity contribution in [1.29, 1.82) is 0 Å². The summed E-state index contributed by atoms with van der Waals surface area (Å²) in [5, 5.41) is 8.63. The standard InChI is InChI=1S/C25H27N3O6S/c29-25(26-30)9-6-20-10-11-28(19-20)35(31,32)24-18-22(21-4-2-1-3-5-21)7-8-23(24)34-17-14-27-12-15-33-16-13-27/h1-11,18-19,30H,12-17H2,(H,26,29)/b9-6+. The van der Waals surface area contributed by atoms with E-state index in [1.54, 1.807) is 18.2 Å². The van der Waals surface area contributed by atoms with E-state index in [2.05, 4.69) is 4.90 Å². The molecule has 1 amide bonds. The molecule has 35 heavy (non-hydrogen) atoms. The smallest absolute Gasteiger partial charge is 0.271 e. The zero-order valence-electron chi connectivity index (χ0n) is 19.0. The summed E-state index contributed by atoms with van der Waals surface area (Å²) in [7, 11) is -4.00. The van der Waals surface area contributed by atoms with Gasteiger partial charge in [0, 0.05) is 38.1 Å². The van der Waals surface area contributed by atoms with Crippen LogP contribution in [-0.4, -0.2) is 67.9 Å². The maximum absolute atomic E-state index is 13.6. The molecular weight excluding hydrogens is 470 g/mol. The first-order valence-electron chi connectivity index (χ1n) is 11.2. The first-order valence-corrected chi connectivity index (χ1v) is 12.6. The number of rotatable bonds is 9. The van der Waals surface area contributed by atoms with E-state index < -0.39 is 15.9 Å². The molecule has 0 spiro atoms. The molecule has 0 atom stereocenters. The zero-order chi connectivity index (χ0) is 24.7. The molecule has 10 heteroatoms. The van der Waals surface area contributed by atoms with Crippen molar-refractivity contribution in [1.82, 2.24) is 14.4 Å². The second kappa shape index (κ2) is 11.3. The molecule has 1 aliphatic heterocycles. The molecule has 1 aromatic heterocycles. The van der Waals surface area contributed by atoms with Crippen molar-refractivity contribution in [3.8, 4) is 16.9 Å². The predicted molar refractivity (Wildman–Crippen MR) is 131 cm³/mol. The summed E-state index contributed by atoms with van der Waals surface area (Å²) >= 11 is 0. The second-order valence-electron chi connectivity index (χ2n) is 7.92. The quantitative estimate of drug-likeness (QED) is 0.266. The number of morpholine rings is 1. The Labute approximate surface area is 204 Å². The van der Waals surface area contributed by atoms with Crippen molar-refractivity contribution in [3.05, 3.63) is 78.6 Å². The van der Waals surface area contributed by atoms with Gasteiger partial charge in [0.05, 0.1) is 13.2 Å². The Morgan fingerprint density at radius 1 is 1.09 bits per heavy atom. The Bertz CT molecular complexity index is 1280. The zero-order valence-corrected chi connectivity index (χ0v) is 19.9. The number of carbonyl (C=O) groups is 1. The van der Waals surface area contributed by atoms with Crippen LogP contribution in [-0.2, 0) is 19.6 Å². The number of aromatic nitrogens is 1. The van der Waals surface area contributed by atoms with Gasteiger partial charge in [0.15, 0.2) is 0 Å². The molecule has 0 radical (unpaired) electrons. The fourth-order valence-corrected chi connectivity index (χ4v) is 5.08. The van der Waals surface area contributed by atoms with E-state index in [-0.39, 0.29) is 10.6 Å². The molecule has 9 nitrogen and oxygen atoms in total. The molecule has 1 fully saturated rings. The summed E-state index contributed by atoms with van der Waals surface area (Å²) < 4.78 is 39.7. The Hall–Kier alpha value is -3.44. The third-order valence-electron chi connectivity index (χ3n) is 5.60. The number of ether oxygens (including phenoxy) is 2. The van der Waals surface area contributed by atoms with E-state index in [0.717, 1.165) is 34.3 Å². The van der Waals surface area contributed by atoms with Crippen LogP contribution in [0.3, 0.4) is 0 Å². The highest BCUT2D eigenvalue weighted by molar-refractivity contribution is 7.90. The van der Waals surface area contributed by atoms with Crippen molar-refractivity contribution in [2.24, 2.45) is 0 Å². The monoisotopic (exact) mass is 497 g/mol. The topological polar surface area (TPSA) is 110 Å². The first kappa shape index (κ1) is 24.7. The minimum Gasteiger partial charge on any atom is -0.491 e. The van der Waals surface area contributed by atoms with E-state index >= 15 is 0 Å². The largest absolute Gasteiger partial charge is 0.491 e. The molecule has 4 rings (SSSR count). The SMILES string of the molecule is O=C(/C=C/c1ccn(S(=O)(=O)c2cc(-c3ccccc3)ccc2OCCN2CCOCC2)c1)NO. The molecule has 2 N–H and O–H groups in total. The molecule has 184 valence electrons. The van der Waals surface area contributed by atoms with Crippen LogP contribution in [0.15, 0.2) is 78.0 Å². The average molecular weight is 498 g/mol. The lowest BCUT2D eigenvalue weighted by molar-refractivity contribution is -0.124. The number of carbonyl (C=O) groups excluding carboxylic acids is 1. The highest BCUT2D eigenvalue weighted by Crippen LogP contribution is 2.32. The number of hydroxylamine groups is 1. The van der Waals surface area contributed by atoms with Gasteiger partial charge in [-0.25, -0.2) is 17.9 Å². The van der Waals surface area contributed by atoms with Gasteiger partial charge < -0.3 is 9.47 Å². The summed E-state index contributed by atoms with van der Waals surface area (Å²) in [6.07, 6.45) is 5.29. The number of amides is 1. The van der Waals surface area contributed by atoms with Gasteiger partial charge in [-0.2, -0.15) is 0 Å². The minimum atomic E-state index is -4.00. The van der Waals surface area contributed by atoms with E-state index in [1.165, 1.54) is 23.9 Å². The van der Waals surface area contributed by atoms with Crippen molar-refractivity contribution < 1.29 is 27.9 Å². The summed E-state index contributed by atoms with van der Waals surface area (Å²) in [5.74, 6) is -0.449. The molecule has 0 saturated carbocycles. The maximum Gasteiger partial charge on any atom is 0.271 e. The number of nitrogens with zero attached hydrogens (tertiary/aromatic N) is 2. The molecule has 3 aromatic rings. The van der Waals surface area contributed by atoms with Crippen molar-refractivity contribution >= 4 is 22.0 Å². The molecule has 1 aliphatic rings. The molecule has 2 aromatic carbocycles. The lowest BCUT2D eigenvalue weighted by Gasteiger charge is -2.26. The van der Waals surface area contributed by atoms with Crippen LogP contribution in [0.2, 0.25) is 0 Å². The number of nitrogens with one attached hydrogen (secondary N) is 1. The second-order valence-corrected chi connectivity index (χ2v) is 9.73. The Kier molecular flexibility index (Phi) is 7.98. The normalized spacial score (nSPS) is 14.8. The van der Waals surface area contributed by atoms with Crippen LogP contribution in [0.5, 0.6) is 5.75 Å². The lowest BCUT2D eigenvalue weighted by Crippen LogP contribution is -2.38. The maximum atomic E-state index is 13.6. The van der Waals surface area contributed by atoms with Crippen LogP contribution in [0.4, 0.5) is 0 Å². The molecule has 2 heterocycles. The van der Waals surface area contributed by atoms with Gasteiger partial charge in [0.1, 0.15) is 17.3 Å². The summed E-state index contributed by atoms with van der Waals surface area (Å²) in [5.41, 5.74) is 3.60. The third kappa shape index (κ3) is 6.17. The lowest BCUT2D eigenvalue weighted by atomic mass is 10.1. The van der Waals surface area contributed by atoms with Gasteiger partial charge in [-0.15, -0.1) is 0 Å². The number of hydrogen-bond acceptors (Lipinski definition) is 7. The van der Waals surface area contributed by atoms with Gasteiger partial charge in [-0.05, 0) is 41.0 Å². The third-order valence-corrected chi connectivity index (χ3v) is 7.26. The average Bonchev–Trinajstić information content (AvgIpc) is 3.38. The van der Waals surface area contributed by atoms with Crippen LogP contribution < -0.4 is 10.2 Å². The summed E-state index contributed by atoms with van der Waals surface area (Å²) in [4.78, 5) is 13.5. The minimum absolute atomic E-state index is 0.0417. The van der Waals surface area contributed by atoms with Crippen molar-refractivity contribution in [2.75, 3.05) is 39.5 Å². The molecule has 0 unspecified atom stereocenters. The fraction of sp³-hybridized carbons (Fsp3) is 0.240. The van der Waals surface area contributed by atoms with Crippen molar-refractivity contribution in [2.45, 2.75) is 4.90 Å². The van der Waals surface area contributed by atoms with Crippen LogP contribution in [0, 0.1) is 0 Å². The van der Waals surface area contributed by atoms with Crippen LogP contribution in [0.25, 0.3) is 17.2 Å². The number of hydrogen-bond donors (Lipinski definition) is 2. The summed E-state index contributed by atoms with van der Waals surface area (Å²) in [6.45, 7) is 3.98. The van der Waals surface area contributed by atoms with Gasteiger partial charge in [0.25, 0.3) is 15.9 Å². The molecule has 1 saturated heterocycles. The van der Waals surface area contributed by atoms with Gasteiger partial charge in [-0.3, -0.25) is 14.9 Å². The Morgan fingerprint density at radius 2 is 1.86 bits per heavy atom. The van der Waals surface area contributed by atoms with E-state index in [0.29, 0.717) is 31.9 Å². The molecule has 0 aliphatic carbocycles. The van der Waals surface area contributed by atoms with Gasteiger partial charge >= 0.3 is 0 Å². The van der Waals surface area contributed by atoms with Crippen molar-refractivity contribution in [3.63, 3.8) is 0 Å². The van der Waals surface area contributed by atoms with E-state index in [4.69, 9.17) is 14.7 Å². The van der Waals surface area contributed by atoms with E-state index in [9.17, 15) is 13.2 Å². The molecular formula is C25H27N3O6S. The van der Waals surface area contributed by atoms with Crippen LogP contribution >= 0.6 is 0 Å². The Balaban J connectivity index is 1.63. The number of benzene rings is 2. The van der Waals surface area contributed by atoms with Gasteiger partial charge in [-0.1, -0.05) is 36.4 Å². The fourth-order valence-electron chi connectivity index (χ4n) is 3.71. The highest BCUT2D eigenvalue weighted by Gasteiger charge is 2.23. The Morgan fingerprint density at radius 3 is 2.60 bits per heavy atom. The van der Waals surface area contributed by atoms with Gasteiger partial charge in [0.2, 0.25) is 0 Å². The van der Waals surface area contributed by atoms with Crippen LogP contribution in [0.1, 0.15) is 5.56 Å². The summed E-state index contributed by atoms with van der Waals surface area (Å²) in [6, 6.07) is 16.2. The predicted octanol–water partition coefficient (Wildman–Crippen LogP) is 2.62.